The lowest BCUT2D eigenvalue weighted by atomic mass is 10.4. The van der Waals surface area contributed by atoms with Gasteiger partial charge in [-0.1, -0.05) is 0 Å². The fraction of sp³-hybridized carbons (Fsp3) is 1.00. The Morgan fingerprint density at radius 3 is 2.38 bits per heavy atom. The second-order valence-corrected chi connectivity index (χ2v) is 2.30. The van der Waals surface area contributed by atoms with E-state index >= 15 is 0 Å². The predicted octanol–water partition coefficient (Wildman–Crippen LogP) is -0.833. The van der Waals surface area contributed by atoms with E-state index in [1.807, 2.05) is 0 Å². The zero-order valence-corrected chi connectivity index (χ0v) is 6.03. The van der Waals surface area contributed by atoms with Gasteiger partial charge in [-0.3, -0.25) is 0 Å². The maximum Gasteiger partial charge on any atom is 0.0789 e. The Kier molecular flexibility index (Phi) is 5.01. The molecule has 0 saturated heterocycles. The first kappa shape index (κ1) is 7.92. The quantitative estimate of drug-likeness (QED) is 0.476. The van der Waals surface area contributed by atoms with Crippen LogP contribution in [0.1, 0.15) is 6.42 Å². The Labute approximate surface area is 51.4 Å². The molecular formula is C6H16NO+. The summed E-state index contributed by atoms with van der Waals surface area (Å²) in [5, 5.41) is 0. The van der Waals surface area contributed by atoms with Crippen molar-refractivity contribution in [2.24, 2.45) is 0 Å². The van der Waals surface area contributed by atoms with Crippen LogP contribution in [0, 0.1) is 0 Å². The van der Waals surface area contributed by atoms with Gasteiger partial charge in [-0.15, -0.1) is 0 Å². The first-order valence-electron chi connectivity index (χ1n) is 3.05. The lowest BCUT2D eigenvalue weighted by Crippen LogP contribution is -3.05. The highest BCUT2D eigenvalue weighted by Gasteiger charge is 1.89. The lowest BCUT2D eigenvalue weighted by molar-refractivity contribution is -0.858. The molecule has 0 radical (unpaired) electrons. The number of hydrogen-bond donors (Lipinski definition) is 1. The Bertz CT molecular complexity index is 45.8. The van der Waals surface area contributed by atoms with Gasteiger partial charge in [-0.2, -0.15) is 0 Å². The van der Waals surface area contributed by atoms with Crippen molar-refractivity contribution in [2.45, 2.75) is 6.42 Å². The van der Waals surface area contributed by atoms with Crippen LogP contribution in [-0.4, -0.2) is 34.4 Å². The second kappa shape index (κ2) is 5.06. The van der Waals surface area contributed by atoms with Crippen LogP contribution in [0.5, 0.6) is 0 Å². The molecule has 8 heavy (non-hydrogen) atoms. The maximum atomic E-state index is 4.88. The Balaban J connectivity index is 2.72. The highest BCUT2D eigenvalue weighted by molar-refractivity contribution is 4.26. The summed E-state index contributed by atoms with van der Waals surface area (Å²) in [6.07, 6.45) is 1.17. The molecule has 0 rings (SSSR count). The average molecular weight is 118 g/mol. The van der Waals surface area contributed by atoms with Gasteiger partial charge < -0.3 is 9.64 Å². The molecule has 0 aromatic rings. The van der Waals surface area contributed by atoms with E-state index < -0.39 is 0 Å². The van der Waals surface area contributed by atoms with Gasteiger partial charge in [0, 0.05) is 13.5 Å². The van der Waals surface area contributed by atoms with Crippen LogP contribution in [0.4, 0.5) is 0 Å². The van der Waals surface area contributed by atoms with E-state index in [1.165, 1.54) is 17.9 Å². The minimum atomic E-state index is 0.894. The molecule has 0 saturated carbocycles. The molecular weight excluding hydrogens is 102 g/mol. The van der Waals surface area contributed by atoms with Gasteiger partial charge >= 0.3 is 0 Å². The minimum Gasteiger partial charge on any atom is -0.384 e. The number of nitrogens with one attached hydrogen (secondary N) is 1. The van der Waals surface area contributed by atoms with Crippen molar-refractivity contribution >= 4 is 0 Å². The Morgan fingerprint density at radius 1 is 1.38 bits per heavy atom. The van der Waals surface area contributed by atoms with Crippen LogP contribution in [0.3, 0.4) is 0 Å². The van der Waals surface area contributed by atoms with Crippen molar-refractivity contribution < 1.29 is 9.64 Å². The molecule has 2 nitrogen and oxygen atoms in total. The molecule has 2 heteroatoms. The third-order valence-electron chi connectivity index (χ3n) is 1.03. The van der Waals surface area contributed by atoms with Crippen molar-refractivity contribution in [2.75, 3.05) is 34.4 Å². The minimum absolute atomic E-state index is 0.894. The molecule has 0 aromatic carbocycles. The van der Waals surface area contributed by atoms with Crippen molar-refractivity contribution in [3.05, 3.63) is 0 Å². The fourth-order valence-corrected chi connectivity index (χ4v) is 0.570. The first-order chi connectivity index (χ1) is 3.77. The standard InChI is InChI=1S/C6H15NO/c1-7(2)5-4-6-8-3/h4-6H2,1-3H3/p+1. The fourth-order valence-electron chi connectivity index (χ4n) is 0.570. The summed E-state index contributed by atoms with van der Waals surface area (Å²) in [5.74, 6) is 0. The van der Waals surface area contributed by atoms with Crippen molar-refractivity contribution in [1.29, 1.82) is 0 Å². The highest BCUT2D eigenvalue weighted by atomic mass is 16.5. The summed E-state index contributed by atoms with van der Waals surface area (Å²) in [7, 11) is 6.04. The molecule has 0 bridgehead atoms. The largest absolute Gasteiger partial charge is 0.384 e. The number of ether oxygens (including phenoxy) is 1. The molecule has 0 heterocycles. The summed E-state index contributed by atoms with van der Waals surface area (Å²) >= 11 is 0. The topological polar surface area (TPSA) is 13.7 Å². The van der Waals surface area contributed by atoms with E-state index in [0.29, 0.717) is 0 Å². The van der Waals surface area contributed by atoms with Crippen LogP contribution in [0.25, 0.3) is 0 Å². The molecule has 0 aliphatic heterocycles. The van der Waals surface area contributed by atoms with Gasteiger partial charge in [0.05, 0.1) is 27.2 Å². The third kappa shape index (κ3) is 5.92. The summed E-state index contributed by atoms with van der Waals surface area (Å²) in [6, 6.07) is 0. The highest BCUT2D eigenvalue weighted by Crippen LogP contribution is 1.71. The van der Waals surface area contributed by atoms with E-state index in [-0.39, 0.29) is 0 Å². The van der Waals surface area contributed by atoms with Gasteiger partial charge in [-0.25, -0.2) is 0 Å². The van der Waals surface area contributed by atoms with E-state index in [4.69, 9.17) is 4.74 Å². The molecule has 0 aliphatic rings. The summed E-state index contributed by atoms with van der Waals surface area (Å²) in [6.45, 7) is 2.10. The van der Waals surface area contributed by atoms with Gasteiger partial charge in [-0.05, 0) is 0 Å². The van der Waals surface area contributed by atoms with Crippen molar-refractivity contribution in [1.82, 2.24) is 0 Å². The van der Waals surface area contributed by atoms with E-state index in [9.17, 15) is 0 Å². The summed E-state index contributed by atoms with van der Waals surface area (Å²) in [4.78, 5) is 1.49. The summed E-state index contributed by atoms with van der Waals surface area (Å²) < 4.78 is 4.88. The average Bonchev–Trinajstić information content (AvgIpc) is 1.66. The second-order valence-electron chi connectivity index (χ2n) is 2.30. The maximum absolute atomic E-state index is 4.88. The normalized spacial score (nSPS) is 10.5. The Hall–Kier alpha value is -0.0800. The SMILES string of the molecule is COCCC[NH+](C)C. The molecule has 50 valence electrons. The van der Waals surface area contributed by atoms with E-state index in [2.05, 4.69) is 14.1 Å². The van der Waals surface area contributed by atoms with Crippen LogP contribution in [0.15, 0.2) is 0 Å². The lowest BCUT2D eigenvalue weighted by Gasteiger charge is -2.04. The summed E-state index contributed by atoms with van der Waals surface area (Å²) in [5.41, 5.74) is 0. The third-order valence-corrected chi connectivity index (χ3v) is 1.03. The van der Waals surface area contributed by atoms with Gasteiger partial charge in [0.2, 0.25) is 0 Å². The van der Waals surface area contributed by atoms with Gasteiger partial charge in [0.1, 0.15) is 0 Å². The molecule has 0 unspecified atom stereocenters. The van der Waals surface area contributed by atoms with Gasteiger partial charge in [0.25, 0.3) is 0 Å². The van der Waals surface area contributed by atoms with Crippen LogP contribution in [-0.2, 0) is 4.74 Å². The molecule has 0 atom stereocenters. The van der Waals surface area contributed by atoms with E-state index in [0.717, 1.165) is 6.61 Å². The van der Waals surface area contributed by atoms with E-state index in [1.54, 1.807) is 7.11 Å². The molecule has 1 N–H and O–H groups in total. The van der Waals surface area contributed by atoms with Crippen LogP contribution < -0.4 is 4.90 Å². The number of rotatable bonds is 4. The van der Waals surface area contributed by atoms with Crippen LogP contribution >= 0.6 is 0 Å². The predicted molar refractivity (Wildman–Crippen MR) is 34.2 cm³/mol. The molecule has 0 fully saturated rings. The Morgan fingerprint density at radius 2 is 2.00 bits per heavy atom. The zero-order valence-electron chi connectivity index (χ0n) is 6.03. The van der Waals surface area contributed by atoms with Crippen LogP contribution in [0.2, 0.25) is 0 Å². The molecule has 0 amide bonds. The molecule has 0 spiro atoms. The molecule has 0 aliphatic carbocycles. The monoisotopic (exact) mass is 118 g/mol. The van der Waals surface area contributed by atoms with Crippen molar-refractivity contribution in [3.8, 4) is 0 Å². The zero-order chi connectivity index (χ0) is 6.41. The van der Waals surface area contributed by atoms with Gasteiger partial charge in [0.15, 0.2) is 0 Å². The molecule has 0 aromatic heterocycles. The number of methoxy groups -OCH3 is 1. The first-order valence-corrected chi connectivity index (χ1v) is 3.05. The van der Waals surface area contributed by atoms with Crippen molar-refractivity contribution in [3.63, 3.8) is 0 Å². The number of quaternary nitrogens is 1. The number of hydrogen-bond acceptors (Lipinski definition) is 1. The smallest absolute Gasteiger partial charge is 0.0789 e.